The van der Waals surface area contributed by atoms with Crippen LogP contribution < -0.4 is 19.4 Å². The van der Waals surface area contributed by atoms with Crippen molar-refractivity contribution in [3.8, 4) is 12.1 Å². The fourth-order valence-electron chi connectivity index (χ4n) is 6.86. The molecule has 6 rings (SSSR count). The Balaban J connectivity index is 1.43. The maximum atomic E-state index is 14.6. The van der Waals surface area contributed by atoms with E-state index in [9.17, 15) is 14.9 Å². The second-order valence-electron chi connectivity index (χ2n) is 12.1. The maximum Gasteiger partial charge on any atom is 0.319 e. The first-order valence-corrected chi connectivity index (χ1v) is 15.6. The quantitative estimate of drug-likeness (QED) is 0.372. The van der Waals surface area contributed by atoms with Crippen LogP contribution in [0.4, 0.5) is 17.2 Å². The predicted octanol–water partition coefficient (Wildman–Crippen LogP) is 3.62. The van der Waals surface area contributed by atoms with Gasteiger partial charge in [-0.25, -0.2) is 0 Å². The van der Waals surface area contributed by atoms with E-state index in [-0.39, 0.29) is 42.0 Å². The Morgan fingerprint density at radius 2 is 1.89 bits per heavy atom. The summed E-state index contributed by atoms with van der Waals surface area (Å²) in [6.45, 7) is 9.42. The van der Waals surface area contributed by atoms with Crippen molar-refractivity contribution >= 4 is 39.8 Å². The van der Waals surface area contributed by atoms with Gasteiger partial charge >= 0.3 is 6.01 Å². The molecule has 0 spiro atoms. The van der Waals surface area contributed by atoms with Gasteiger partial charge in [-0.05, 0) is 56.4 Å². The third kappa shape index (κ3) is 5.78. The van der Waals surface area contributed by atoms with Crippen molar-refractivity contribution in [2.45, 2.75) is 38.3 Å². The van der Waals surface area contributed by atoms with Gasteiger partial charge in [0.05, 0.1) is 24.2 Å². The minimum atomic E-state index is -0.349. The average molecular weight is 609 g/mol. The van der Waals surface area contributed by atoms with E-state index in [0.29, 0.717) is 50.8 Å². The molecule has 0 N–H and O–H groups in total. The highest BCUT2D eigenvalue weighted by atomic mass is 16.5. The van der Waals surface area contributed by atoms with Crippen LogP contribution in [0.2, 0.25) is 0 Å². The largest absolute Gasteiger partial charge is 0.462 e. The number of anilines is 3. The summed E-state index contributed by atoms with van der Waals surface area (Å²) in [5.74, 6) is 0.162. The third-order valence-corrected chi connectivity index (χ3v) is 9.36. The number of hydrogen-bond donors (Lipinski definition) is 0. The van der Waals surface area contributed by atoms with Crippen molar-refractivity contribution in [3.05, 3.63) is 60.3 Å². The van der Waals surface area contributed by atoms with E-state index in [1.165, 1.54) is 6.08 Å². The van der Waals surface area contributed by atoms with Gasteiger partial charge in [0.25, 0.3) is 5.91 Å². The molecular weight excluding hydrogens is 568 g/mol. The number of ether oxygens (including phenoxy) is 1. The molecule has 3 aliphatic rings. The fraction of sp³-hybridized carbons (Fsp3) is 0.441. The minimum absolute atomic E-state index is 0.156. The van der Waals surface area contributed by atoms with Crippen LogP contribution in [0.5, 0.6) is 6.01 Å². The van der Waals surface area contributed by atoms with E-state index in [2.05, 4.69) is 54.6 Å². The van der Waals surface area contributed by atoms with Gasteiger partial charge in [0, 0.05) is 51.2 Å². The van der Waals surface area contributed by atoms with Gasteiger partial charge in [-0.2, -0.15) is 15.2 Å². The van der Waals surface area contributed by atoms with Crippen LogP contribution in [-0.2, 0) is 4.79 Å². The zero-order chi connectivity index (χ0) is 31.7. The highest BCUT2D eigenvalue weighted by molar-refractivity contribution is 6.14. The Labute approximate surface area is 264 Å². The monoisotopic (exact) mass is 608 g/mol. The molecule has 3 aromatic rings. The van der Waals surface area contributed by atoms with Gasteiger partial charge < -0.3 is 29.2 Å². The van der Waals surface area contributed by atoms with Crippen molar-refractivity contribution in [2.24, 2.45) is 0 Å². The molecule has 2 saturated heterocycles. The van der Waals surface area contributed by atoms with E-state index < -0.39 is 0 Å². The van der Waals surface area contributed by atoms with E-state index >= 15 is 0 Å². The fourth-order valence-corrected chi connectivity index (χ4v) is 6.86. The summed E-state index contributed by atoms with van der Waals surface area (Å²) in [5, 5.41) is 11.7. The summed E-state index contributed by atoms with van der Waals surface area (Å²) in [6, 6.07) is 14.5. The lowest BCUT2D eigenvalue weighted by atomic mass is 10.0. The van der Waals surface area contributed by atoms with Crippen molar-refractivity contribution in [2.75, 3.05) is 74.7 Å². The number of carbonyl (C=O) groups excluding carboxylic acids is 2. The summed E-state index contributed by atoms with van der Waals surface area (Å²) in [7, 11) is 4.04. The van der Waals surface area contributed by atoms with Crippen LogP contribution in [0.1, 0.15) is 35.3 Å². The molecule has 0 unspecified atom stereocenters. The molecule has 0 radical (unpaired) electrons. The summed E-state index contributed by atoms with van der Waals surface area (Å²) < 4.78 is 6.25. The SMILES string of the molecule is C=CC(=O)N1CCN(c2nc(OC[C@@H]3CCCN3C)nc3c2N(C)CCN(c2cccc4cccc(C)c24)C3=O)C[C@@H]1CC#N. The number of nitriles is 1. The molecule has 2 amide bonds. The number of amides is 2. The Bertz CT molecular complexity index is 1660. The first-order chi connectivity index (χ1) is 21.8. The zero-order valence-electron chi connectivity index (χ0n) is 26.3. The van der Waals surface area contributed by atoms with Crippen LogP contribution >= 0.6 is 0 Å². The molecule has 11 heteroatoms. The Kier molecular flexibility index (Phi) is 8.59. The van der Waals surface area contributed by atoms with Crippen LogP contribution in [0.25, 0.3) is 10.8 Å². The number of likely N-dealkylation sites (N-methyl/N-ethyl adjacent to an activating group) is 2. The lowest BCUT2D eigenvalue weighted by molar-refractivity contribution is -0.128. The Morgan fingerprint density at radius 1 is 1.09 bits per heavy atom. The average Bonchev–Trinajstić information content (AvgIpc) is 3.42. The highest BCUT2D eigenvalue weighted by Crippen LogP contribution is 2.38. The molecular formula is C34H40N8O3. The molecule has 0 aliphatic carbocycles. The molecule has 3 aliphatic heterocycles. The number of piperazine rings is 1. The molecule has 1 aromatic heterocycles. The van der Waals surface area contributed by atoms with E-state index in [1.54, 1.807) is 4.90 Å². The van der Waals surface area contributed by atoms with Crippen molar-refractivity contribution in [3.63, 3.8) is 0 Å². The van der Waals surface area contributed by atoms with E-state index in [4.69, 9.17) is 14.7 Å². The van der Waals surface area contributed by atoms with Crippen LogP contribution in [-0.4, -0.2) is 104 Å². The van der Waals surface area contributed by atoms with E-state index in [0.717, 1.165) is 41.4 Å². The minimum Gasteiger partial charge on any atom is -0.462 e. The number of nitrogens with zero attached hydrogens (tertiary/aromatic N) is 8. The lowest BCUT2D eigenvalue weighted by Gasteiger charge is -2.41. The van der Waals surface area contributed by atoms with Crippen LogP contribution in [0.3, 0.4) is 0 Å². The zero-order valence-corrected chi connectivity index (χ0v) is 26.3. The van der Waals surface area contributed by atoms with Crippen molar-refractivity contribution in [1.82, 2.24) is 19.8 Å². The normalized spacial score (nSPS) is 20.6. The summed E-state index contributed by atoms with van der Waals surface area (Å²) in [4.78, 5) is 46.8. The number of benzene rings is 2. The summed E-state index contributed by atoms with van der Waals surface area (Å²) in [6.07, 6.45) is 3.60. The number of aromatic nitrogens is 2. The Morgan fingerprint density at radius 3 is 2.62 bits per heavy atom. The molecule has 234 valence electrons. The molecule has 11 nitrogen and oxygen atoms in total. The molecule has 2 fully saturated rings. The number of likely N-dealkylation sites (tertiary alicyclic amines) is 1. The topological polar surface area (TPSA) is 109 Å². The van der Waals surface area contributed by atoms with Gasteiger partial charge in [-0.15, -0.1) is 0 Å². The molecule has 0 bridgehead atoms. The van der Waals surface area contributed by atoms with Crippen molar-refractivity contribution in [1.29, 1.82) is 5.26 Å². The second-order valence-corrected chi connectivity index (χ2v) is 12.1. The lowest BCUT2D eigenvalue weighted by Crippen LogP contribution is -2.55. The standard InChI is InChI=1S/C34H40N8O3/c1-5-28(43)41-20-18-40(21-25(41)14-15-35)32-31-30(36-34(37-32)45-22-26-12-8-16-38(26)3)33(44)42(19-17-39(31)4)27-13-7-11-24-10-6-9-23(2)29(24)27/h5-7,9-11,13,25-26H,1,8,12,14,16-22H2,2-4H3/t25-,26-/m0/s1. The van der Waals surface area contributed by atoms with Crippen LogP contribution in [0.15, 0.2) is 49.1 Å². The Hall–Kier alpha value is -4.69. The number of carbonyl (C=O) groups is 2. The first kappa shape index (κ1) is 30.3. The number of fused-ring (bicyclic) bond motifs is 2. The maximum absolute atomic E-state index is 14.6. The van der Waals surface area contributed by atoms with Crippen LogP contribution in [0, 0.1) is 18.3 Å². The molecule has 2 atom stereocenters. The molecule has 0 saturated carbocycles. The number of rotatable bonds is 7. The predicted molar refractivity (Wildman–Crippen MR) is 175 cm³/mol. The summed E-state index contributed by atoms with van der Waals surface area (Å²) in [5.41, 5.74) is 2.85. The van der Waals surface area contributed by atoms with Gasteiger partial charge in [-0.3, -0.25) is 9.59 Å². The van der Waals surface area contributed by atoms with Gasteiger partial charge in [0.1, 0.15) is 12.3 Å². The first-order valence-electron chi connectivity index (χ1n) is 15.6. The smallest absolute Gasteiger partial charge is 0.319 e. The van der Waals surface area contributed by atoms with Gasteiger partial charge in [-0.1, -0.05) is 36.9 Å². The van der Waals surface area contributed by atoms with Gasteiger partial charge in [0.2, 0.25) is 5.91 Å². The molecule has 45 heavy (non-hydrogen) atoms. The summed E-state index contributed by atoms with van der Waals surface area (Å²) >= 11 is 0. The molecule has 2 aromatic carbocycles. The van der Waals surface area contributed by atoms with Crippen molar-refractivity contribution < 1.29 is 14.3 Å². The second kappa shape index (κ2) is 12.7. The number of aryl methyl sites for hydroxylation is 1. The molecule has 4 heterocycles. The van der Waals surface area contributed by atoms with Gasteiger partial charge in [0.15, 0.2) is 11.5 Å². The van der Waals surface area contributed by atoms with E-state index in [1.807, 2.05) is 35.0 Å². The highest BCUT2D eigenvalue weighted by Gasteiger charge is 2.37. The third-order valence-electron chi connectivity index (χ3n) is 9.36. The number of hydrogen-bond acceptors (Lipinski definition) is 9.